The zero-order valence-electron chi connectivity index (χ0n) is 13.1. The molecule has 24 heavy (non-hydrogen) atoms. The van der Waals surface area contributed by atoms with E-state index in [0.29, 0.717) is 12.5 Å². The second-order valence-electron chi connectivity index (χ2n) is 6.26. The molecule has 3 aromatic rings. The Morgan fingerprint density at radius 2 is 1.96 bits per heavy atom. The minimum absolute atomic E-state index is 0.143. The molecule has 2 aromatic heterocycles. The Morgan fingerprint density at radius 1 is 1.17 bits per heavy atom. The lowest BCUT2D eigenvalue weighted by molar-refractivity contribution is 0.0356. The number of aliphatic hydroxyl groups excluding tert-OH is 1. The lowest BCUT2D eigenvalue weighted by Crippen LogP contribution is -2.31. The highest BCUT2D eigenvalue weighted by molar-refractivity contribution is 6.30. The number of aliphatic hydroxyl groups is 1. The Bertz CT molecular complexity index is 842. The minimum atomic E-state index is -0.143. The van der Waals surface area contributed by atoms with Gasteiger partial charge >= 0.3 is 0 Å². The fourth-order valence-electron chi connectivity index (χ4n) is 3.06. The number of nitrogens with one attached hydrogen (secondary N) is 1. The highest BCUT2D eigenvalue weighted by atomic mass is 35.5. The maximum atomic E-state index is 9.43. The molecule has 1 aliphatic carbocycles. The van der Waals surface area contributed by atoms with E-state index in [1.54, 1.807) is 12.7 Å². The Balaban J connectivity index is 1.51. The largest absolute Gasteiger partial charge is 0.393 e. The van der Waals surface area contributed by atoms with Crippen molar-refractivity contribution >= 4 is 28.6 Å². The number of halogens is 1. The van der Waals surface area contributed by atoms with Crippen LogP contribution in [0.3, 0.4) is 0 Å². The average Bonchev–Trinajstić information content (AvgIpc) is 2.97. The van der Waals surface area contributed by atoms with E-state index in [4.69, 9.17) is 11.6 Å². The molecule has 6 nitrogen and oxygen atoms in total. The third-order valence-corrected chi connectivity index (χ3v) is 4.69. The predicted molar refractivity (Wildman–Crippen MR) is 92.8 cm³/mol. The molecule has 1 fully saturated rings. The molecule has 4 rings (SSSR count). The Morgan fingerprint density at radius 3 is 2.71 bits per heavy atom. The highest BCUT2D eigenvalue weighted by Gasteiger charge is 2.27. The van der Waals surface area contributed by atoms with Crippen LogP contribution >= 0.6 is 11.6 Å². The molecular weight excluding hydrogens is 326 g/mol. The van der Waals surface area contributed by atoms with Crippen molar-refractivity contribution in [1.29, 1.82) is 0 Å². The fraction of sp³-hybridized carbons (Fsp3) is 0.353. The molecule has 7 heteroatoms. The van der Waals surface area contributed by atoms with E-state index >= 15 is 0 Å². The second kappa shape index (κ2) is 6.37. The monoisotopic (exact) mass is 343 g/mol. The van der Waals surface area contributed by atoms with Crippen LogP contribution in [-0.2, 0) is 13.1 Å². The smallest absolute Gasteiger partial charge is 0.165 e. The van der Waals surface area contributed by atoms with E-state index in [9.17, 15) is 5.11 Å². The van der Waals surface area contributed by atoms with Crippen molar-refractivity contribution < 1.29 is 5.11 Å². The van der Waals surface area contributed by atoms with Gasteiger partial charge in [-0.2, -0.15) is 0 Å². The van der Waals surface area contributed by atoms with Gasteiger partial charge in [0.15, 0.2) is 11.5 Å². The maximum absolute atomic E-state index is 9.43. The van der Waals surface area contributed by atoms with E-state index in [0.717, 1.165) is 47.0 Å². The molecule has 0 atom stereocenters. The number of nitrogens with zero attached hydrogens (tertiary/aromatic N) is 4. The van der Waals surface area contributed by atoms with Gasteiger partial charge in [-0.1, -0.05) is 23.7 Å². The van der Waals surface area contributed by atoms with Gasteiger partial charge in [0, 0.05) is 18.1 Å². The van der Waals surface area contributed by atoms with E-state index in [2.05, 4.69) is 20.3 Å². The van der Waals surface area contributed by atoms with E-state index in [-0.39, 0.29) is 6.10 Å². The maximum Gasteiger partial charge on any atom is 0.165 e. The van der Waals surface area contributed by atoms with Crippen LogP contribution in [-0.4, -0.2) is 30.7 Å². The average molecular weight is 344 g/mol. The van der Waals surface area contributed by atoms with E-state index in [1.807, 2.05) is 28.8 Å². The lowest BCUT2D eigenvalue weighted by atomic mass is 9.82. The number of imidazole rings is 1. The summed E-state index contributed by atoms with van der Waals surface area (Å²) in [6.45, 7) is 1.48. The first-order chi connectivity index (χ1) is 11.7. The van der Waals surface area contributed by atoms with Gasteiger partial charge in [-0.05, 0) is 36.5 Å². The molecule has 0 amide bonds. The topological polar surface area (TPSA) is 75.9 Å². The first kappa shape index (κ1) is 15.4. The summed E-state index contributed by atoms with van der Waals surface area (Å²) in [6, 6.07) is 7.70. The normalized spacial score (nSPS) is 20.1. The number of fused-ring (bicyclic) bond motifs is 1. The molecule has 124 valence electrons. The number of hydrogen-bond acceptors (Lipinski definition) is 5. The van der Waals surface area contributed by atoms with E-state index in [1.165, 1.54) is 0 Å². The highest BCUT2D eigenvalue weighted by Crippen LogP contribution is 2.30. The molecule has 1 saturated carbocycles. The summed E-state index contributed by atoms with van der Waals surface area (Å²) in [4.78, 5) is 13.1. The Kier molecular flexibility index (Phi) is 4.08. The number of aromatic nitrogens is 4. The zero-order chi connectivity index (χ0) is 16.5. The fourth-order valence-corrected chi connectivity index (χ4v) is 3.19. The first-order valence-electron chi connectivity index (χ1n) is 8.01. The van der Waals surface area contributed by atoms with Crippen molar-refractivity contribution in [1.82, 2.24) is 19.5 Å². The summed E-state index contributed by atoms with van der Waals surface area (Å²) in [6.07, 6.45) is 4.92. The minimum Gasteiger partial charge on any atom is -0.393 e. The van der Waals surface area contributed by atoms with Gasteiger partial charge in [0.25, 0.3) is 0 Å². The van der Waals surface area contributed by atoms with Crippen molar-refractivity contribution in [2.75, 3.05) is 5.32 Å². The molecule has 0 spiro atoms. The number of hydrogen-bond donors (Lipinski definition) is 2. The zero-order valence-corrected chi connectivity index (χ0v) is 13.8. The number of benzene rings is 1. The van der Waals surface area contributed by atoms with Gasteiger partial charge in [-0.25, -0.2) is 15.0 Å². The third-order valence-electron chi connectivity index (χ3n) is 4.44. The molecule has 1 aliphatic rings. The predicted octanol–water partition coefficient (Wildman–Crippen LogP) is 2.86. The van der Waals surface area contributed by atoms with Crippen molar-refractivity contribution in [3.63, 3.8) is 0 Å². The molecular formula is C17H18ClN5O. The van der Waals surface area contributed by atoms with Gasteiger partial charge in [0.05, 0.1) is 12.4 Å². The summed E-state index contributed by atoms with van der Waals surface area (Å²) < 4.78 is 2.04. The van der Waals surface area contributed by atoms with Gasteiger partial charge in [0.2, 0.25) is 0 Å². The van der Waals surface area contributed by atoms with Crippen molar-refractivity contribution in [2.45, 2.75) is 32.0 Å². The summed E-state index contributed by atoms with van der Waals surface area (Å²) in [5.41, 5.74) is 2.71. The third kappa shape index (κ3) is 3.07. The molecule has 0 aliphatic heterocycles. The van der Waals surface area contributed by atoms with Crippen LogP contribution in [0.5, 0.6) is 0 Å². The standard InChI is InChI=1S/C17H18ClN5O/c18-13-3-1-11(2-4-13)7-19-16-15-17(21-9-20-16)23(10-22-15)8-12-5-14(24)6-12/h1-4,9-10,12,14,24H,5-8H2,(H,19,20,21). The van der Waals surface area contributed by atoms with Crippen LogP contribution in [0.25, 0.3) is 11.2 Å². The molecule has 2 N–H and O–H groups in total. The first-order valence-corrected chi connectivity index (χ1v) is 8.39. The van der Waals surface area contributed by atoms with Crippen LogP contribution in [0.15, 0.2) is 36.9 Å². The summed E-state index contributed by atoms with van der Waals surface area (Å²) in [7, 11) is 0. The summed E-state index contributed by atoms with van der Waals surface area (Å²) in [5, 5.41) is 13.5. The number of anilines is 1. The second-order valence-corrected chi connectivity index (χ2v) is 6.70. The van der Waals surface area contributed by atoms with Crippen LogP contribution in [0.1, 0.15) is 18.4 Å². The summed E-state index contributed by atoms with van der Waals surface area (Å²) in [5.74, 6) is 1.22. The molecule has 0 unspecified atom stereocenters. The van der Waals surface area contributed by atoms with Crippen LogP contribution in [0.4, 0.5) is 5.82 Å². The van der Waals surface area contributed by atoms with Gasteiger partial charge in [-0.3, -0.25) is 0 Å². The molecule has 0 bridgehead atoms. The van der Waals surface area contributed by atoms with Crippen molar-refractivity contribution in [2.24, 2.45) is 5.92 Å². The number of rotatable bonds is 5. The molecule has 0 radical (unpaired) electrons. The van der Waals surface area contributed by atoms with Gasteiger partial charge in [-0.15, -0.1) is 0 Å². The Labute approximate surface area is 144 Å². The summed E-state index contributed by atoms with van der Waals surface area (Å²) >= 11 is 5.91. The van der Waals surface area contributed by atoms with Crippen LogP contribution in [0, 0.1) is 5.92 Å². The van der Waals surface area contributed by atoms with Crippen LogP contribution in [0.2, 0.25) is 5.02 Å². The molecule has 2 heterocycles. The Hall–Kier alpha value is -2.18. The van der Waals surface area contributed by atoms with Gasteiger partial charge < -0.3 is 15.0 Å². The van der Waals surface area contributed by atoms with Crippen molar-refractivity contribution in [3.05, 3.63) is 47.5 Å². The SMILES string of the molecule is OC1CC(Cn2cnc3c(NCc4ccc(Cl)cc4)ncnc32)C1. The lowest BCUT2D eigenvalue weighted by Gasteiger charge is -2.31. The van der Waals surface area contributed by atoms with Gasteiger partial charge in [0.1, 0.15) is 11.8 Å². The van der Waals surface area contributed by atoms with E-state index < -0.39 is 0 Å². The van der Waals surface area contributed by atoms with Crippen LogP contribution < -0.4 is 5.32 Å². The molecule has 1 aromatic carbocycles. The van der Waals surface area contributed by atoms with Crippen molar-refractivity contribution in [3.8, 4) is 0 Å². The molecule has 0 saturated heterocycles. The quantitative estimate of drug-likeness (QED) is 0.745.